The van der Waals surface area contributed by atoms with Crippen molar-refractivity contribution < 1.29 is 26.3 Å². The van der Waals surface area contributed by atoms with Crippen molar-refractivity contribution in [3.05, 3.63) is 70.2 Å². The number of anilines is 1. The van der Waals surface area contributed by atoms with Gasteiger partial charge in [-0.2, -0.15) is 0 Å². The number of sulfone groups is 1. The molecule has 10 heteroatoms. The molecular formula is C24H25F3N2O3S2. The summed E-state index contributed by atoms with van der Waals surface area (Å²) in [5, 5.41) is 2.34. The molecule has 182 valence electrons. The van der Waals surface area contributed by atoms with Crippen molar-refractivity contribution in [2.75, 3.05) is 18.0 Å². The maximum absolute atomic E-state index is 13.0. The van der Waals surface area contributed by atoms with Crippen LogP contribution in [0.3, 0.4) is 0 Å². The van der Waals surface area contributed by atoms with E-state index in [-0.39, 0.29) is 4.90 Å². The van der Waals surface area contributed by atoms with Crippen LogP contribution in [0.1, 0.15) is 35.2 Å². The molecule has 4 rings (SSSR count). The van der Waals surface area contributed by atoms with Crippen LogP contribution in [0, 0.1) is 13.8 Å². The van der Waals surface area contributed by atoms with Crippen LogP contribution in [0.4, 0.5) is 18.3 Å². The highest BCUT2D eigenvalue weighted by Crippen LogP contribution is 2.31. The van der Waals surface area contributed by atoms with Gasteiger partial charge in [0.05, 0.1) is 15.8 Å². The summed E-state index contributed by atoms with van der Waals surface area (Å²) in [5.74, 6) is -0.443. The number of thiazole rings is 1. The quantitative estimate of drug-likeness (QED) is 0.426. The largest absolute Gasteiger partial charge is 0.573 e. The summed E-state index contributed by atoms with van der Waals surface area (Å²) in [5.41, 5.74) is 4.67. The fourth-order valence-electron chi connectivity index (χ4n) is 4.09. The number of halogens is 3. The van der Waals surface area contributed by atoms with E-state index in [4.69, 9.17) is 4.98 Å². The topological polar surface area (TPSA) is 59.5 Å². The van der Waals surface area contributed by atoms with Gasteiger partial charge in [-0.25, -0.2) is 13.4 Å². The van der Waals surface area contributed by atoms with Crippen LogP contribution in [0.5, 0.6) is 5.75 Å². The first-order valence-electron chi connectivity index (χ1n) is 10.9. The number of nitrogens with zero attached hydrogens (tertiary/aromatic N) is 2. The van der Waals surface area contributed by atoms with Gasteiger partial charge in [-0.15, -0.1) is 24.5 Å². The minimum atomic E-state index is -4.82. The number of ether oxygens (including phenoxy) is 1. The SMILES string of the molecule is Cc1ccc(C)c(Cc2csc(N3CCC(S(=O)(=O)c4ccc(OC(F)(F)F)cc4)CC3)n2)c1. The van der Waals surface area contributed by atoms with Crippen molar-refractivity contribution in [1.82, 2.24) is 4.98 Å². The monoisotopic (exact) mass is 510 g/mol. The third-order valence-corrected chi connectivity index (χ3v) is 9.18. The maximum Gasteiger partial charge on any atom is 0.573 e. The van der Waals surface area contributed by atoms with Gasteiger partial charge in [-0.05, 0) is 62.1 Å². The van der Waals surface area contributed by atoms with E-state index in [9.17, 15) is 21.6 Å². The summed E-state index contributed by atoms with van der Waals surface area (Å²) in [4.78, 5) is 6.88. The first-order valence-corrected chi connectivity index (χ1v) is 13.3. The number of hydrogen-bond donors (Lipinski definition) is 0. The summed E-state index contributed by atoms with van der Waals surface area (Å²) in [6.07, 6.45) is -3.21. The molecule has 0 N–H and O–H groups in total. The lowest BCUT2D eigenvalue weighted by atomic mass is 10.0. The minimum absolute atomic E-state index is 0.00512. The molecule has 0 atom stereocenters. The van der Waals surface area contributed by atoms with Crippen LogP contribution in [0.25, 0.3) is 0 Å². The highest BCUT2D eigenvalue weighted by Gasteiger charge is 2.33. The molecule has 0 aliphatic carbocycles. The van der Waals surface area contributed by atoms with Gasteiger partial charge in [0.1, 0.15) is 5.75 Å². The molecule has 1 fully saturated rings. The minimum Gasteiger partial charge on any atom is -0.406 e. The van der Waals surface area contributed by atoms with Gasteiger partial charge < -0.3 is 9.64 Å². The van der Waals surface area contributed by atoms with Crippen molar-refractivity contribution in [2.24, 2.45) is 0 Å². The highest BCUT2D eigenvalue weighted by atomic mass is 32.2. The normalized spacial score (nSPS) is 15.5. The Kier molecular flexibility index (Phi) is 6.91. The van der Waals surface area contributed by atoms with Gasteiger partial charge in [0.25, 0.3) is 0 Å². The van der Waals surface area contributed by atoms with Crippen LogP contribution in [-0.4, -0.2) is 38.1 Å². The standard InChI is InChI=1S/C24H25F3N2O3S2/c1-16-3-4-17(2)18(13-16)14-19-15-33-23(28-19)29-11-9-22(10-12-29)34(30,31)21-7-5-20(6-8-21)32-24(25,26)27/h3-8,13,15,22H,9-12,14H2,1-2H3. The fourth-order valence-corrected chi connectivity index (χ4v) is 6.70. The van der Waals surface area contributed by atoms with Gasteiger partial charge >= 0.3 is 6.36 Å². The number of hydrogen-bond acceptors (Lipinski definition) is 6. The number of rotatable bonds is 6. The Morgan fingerprint density at radius 3 is 2.41 bits per heavy atom. The van der Waals surface area contributed by atoms with E-state index in [1.807, 2.05) is 5.38 Å². The summed E-state index contributed by atoms with van der Waals surface area (Å²) in [6.45, 7) is 5.26. The molecule has 1 aliphatic heterocycles. The Balaban J connectivity index is 1.38. The molecule has 0 radical (unpaired) electrons. The first-order chi connectivity index (χ1) is 16.0. The number of piperidine rings is 1. The van der Waals surface area contributed by atoms with E-state index >= 15 is 0 Å². The Morgan fingerprint density at radius 2 is 1.76 bits per heavy atom. The van der Waals surface area contributed by atoms with Gasteiger partial charge in [-0.1, -0.05) is 23.8 Å². The second kappa shape index (κ2) is 9.58. The fraction of sp³-hybridized carbons (Fsp3) is 0.375. The summed E-state index contributed by atoms with van der Waals surface area (Å²) in [7, 11) is -3.65. The van der Waals surface area contributed by atoms with Crippen molar-refractivity contribution in [3.63, 3.8) is 0 Å². The van der Waals surface area contributed by atoms with E-state index in [2.05, 4.69) is 41.7 Å². The third-order valence-electron chi connectivity index (χ3n) is 5.95. The lowest BCUT2D eigenvalue weighted by Gasteiger charge is -2.31. The van der Waals surface area contributed by atoms with Crippen molar-refractivity contribution in [3.8, 4) is 5.75 Å². The predicted octanol–water partition coefficient (Wildman–Crippen LogP) is 5.69. The molecule has 1 saturated heterocycles. The average molecular weight is 511 g/mol. The molecule has 1 aromatic heterocycles. The Bertz CT molecular complexity index is 1250. The van der Waals surface area contributed by atoms with Crippen LogP contribution < -0.4 is 9.64 Å². The molecular weight excluding hydrogens is 485 g/mol. The van der Waals surface area contributed by atoms with E-state index in [1.165, 1.54) is 28.8 Å². The summed E-state index contributed by atoms with van der Waals surface area (Å²) < 4.78 is 66.8. The Morgan fingerprint density at radius 1 is 1.09 bits per heavy atom. The van der Waals surface area contributed by atoms with Gasteiger partial charge in [-0.3, -0.25) is 0 Å². The Hall–Kier alpha value is -2.59. The number of benzene rings is 2. The second-order valence-electron chi connectivity index (χ2n) is 8.48. The van der Waals surface area contributed by atoms with Gasteiger partial charge in [0.2, 0.25) is 0 Å². The molecule has 0 amide bonds. The summed E-state index contributed by atoms with van der Waals surface area (Å²) in [6, 6.07) is 10.8. The lowest BCUT2D eigenvalue weighted by molar-refractivity contribution is -0.274. The maximum atomic E-state index is 13.0. The van der Waals surface area contributed by atoms with Gasteiger partial charge in [0, 0.05) is 24.9 Å². The third kappa shape index (κ3) is 5.72. The second-order valence-corrected chi connectivity index (χ2v) is 11.5. The molecule has 2 heterocycles. The van der Waals surface area contributed by atoms with E-state index in [0.29, 0.717) is 25.9 Å². The zero-order chi connectivity index (χ0) is 24.5. The molecule has 3 aromatic rings. The predicted molar refractivity (Wildman–Crippen MR) is 126 cm³/mol. The smallest absolute Gasteiger partial charge is 0.406 e. The Labute approximate surface area is 201 Å². The van der Waals surface area contributed by atoms with Crippen molar-refractivity contribution >= 4 is 26.3 Å². The lowest BCUT2D eigenvalue weighted by Crippen LogP contribution is -2.39. The van der Waals surface area contributed by atoms with Crippen molar-refractivity contribution in [1.29, 1.82) is 0 Å². The van der Waals surface area contributed by atoms with Gasteiger partial charge in [0.15, 0.2) is 15.0 Å². The van der Waals surface area contributed by atoms with Crippen LogP contribution in [-0.2, 0) is 16.3 Å². The zero-order valence-electron chi connectivity index (χ0n) is 18.8. The average Bonchev–Trinajstić information content (AvgIpc) is 3.24. The van der Waals surface area contributed by atoms with Crippen molar-refractivity contribution in [2.45, 2.75) is 49.6 Å². The van der Waals surface area contributed by atoms with Crippen LogP contribution >= 0.6 is 11.3 Å². The first kappa shape index (κ1) is 24.5. The summed E-state index contributed by atoms with van der Waals surface area (Å²) >= 11 is 1.56. The van der Waals surface area contributed by atoms with Crippen LogP contribution in [0.15, 0.2) is 52.7 Å². The van der Waals surface area contributed by atoms with E-state index < -0.39 is 27.2 Å². The van der Waals surface area contributed by atoms with E-state index in [0.717, 1.165) is 29.4 Å². The zero-order valence-corrected chi connectivity index (χ0v) is 20.4. The molecule has 0 unspecified atom stereocenters. The number of aromatic nitrogens is 1. The van der Waals surface area contributed by atoms with Crippen LogP contribution in [0.2, 0.25) is 0 Å². The molecule has 34 heavy (non-hydrogen) atoms. The molecule has 0 bridgehead atoms. The molecule has 2 aromatic carbocycles. The number of aryl methyl sites for hydroxylation is 2. The molecule has 0 saturated carbocycles. The highest BCUT2D eigenvalue weighted by molar-refractivity contribution is 7.92. The molecule has 1 aliphatic rings. The molecule has 0 spiro atoms. The molecule has 5 nitrogen and oxygen atoms in total. The van der Waals surface area contributed by atoms with E-state index in [1.54, 1.807) is 11.3 Å². The number of alkyl halides is 3.